The first-order valence-electron chi connectivity index (χ1n) is 22.4. The topological polar surface area (TPSA) is 59.9 Å². The van der Waals surface area contributed by atoms with E-state index in [9.17, 15) is 0 Å². The van der Waals surface area contributed by atoms with Crippen LogP contribution in [0.25, 0.3) is 99.2 Å². The fourth-order valence-corrected chi connectivity index (χ4v) is 10.3. The smallest absolute Gasteiger partial charge is 0.172 e. The molecule has 0 radical (unpaired) electrons. The largest absolute Gasteiger partial charge is 0.456 e. The third-order valence-corrected chi connectivity index (χ3v) is 13.4. The number of nitrogens with zero attached hydrogens (tertiary/aromatic N) is 2. The van der Waals surface area contributed by atoms with E-state index in [1.807, 2.05) is 36.4 Å². The maximum Gasteiger partial charge on any atom is 0.172 e. The van der Waals surface area contributed by atoms with Crippen molar-refractivity contribution in [1.82, 2.24) is 9.13 Å². The van der Waals surface area contributed by atoms with Gasteiger partial charge in [0.05, 0.1) is 33.4 Å². The van der Waals surface area contributed by atoms with Crippen molar-refractivity contribution in [3.8, 4) is 79.6 Å². The molecule has 0 amide bonds. The molecule has 0 saturated heterocycles. The average molecular weight is 863 g/mol. The van der Waals surface area contributed by atoms with Crippen molar-refractivity contribution >= 4 is 65.6 Å². The number of benzene rings is 10. The molecular formula is C60H34N2O5. The zero-order chi connectivity index (χ0) is 43.7. The van der Waals surface area contributed by atoms with E-state index in [4.69, 9.17) is 23.4 Å². The molecule has 0 N–H and O–H groups in total. The number of hydrogen-bond donors (Lipinski definition) is 0. The Morgan fingerprint density at radius 2 is 0.552 bits per heavy atom. The Hall–Kier alpha value is -9.20. The average Bonchev–Trinajstić information content (AvgIpc) is 4.04. The van der Waals surface area contributed by atoms with E-state index >= 15 is 0 Å². The van der Waals surface area contributed by atoms with Gasteiger partial charge in [-0.05, 0) is 119 Å². The summed E-state index contributed by atoms with van der Waals surface area (Å²) >= 11 is 0. The molecule has 13 aromatic rings. The van der Waals surface area contributed by atoms with Crippen molar-refractivity contribution in [3.05, 3.63) is 206 Å². The highest BCUT2D eigenvalue weighted by Gasteiger charge is 2.24. The molecule has 0 saturated carbocycles. The molecular weight excluding hydrogens is 829 g/mol. The van der Waals surface area contributed by atoms with Crippen LogP contribution in [-0.2, 0) is 0 Å². The van der Waals surface area contributed by atoms with E-state index in [-0.39, 0.29) is 0 Å². The summed E-state index contributed by atoms with van der Waals surface area (Å²) in [5, 5.41) is 6.89. The van der Waals surface area contributed by atoms with Crippen molar-refractivity contribution in [3.63, 3.8) is 0 Å². The second kappa shape index (κ2) is 13.7. The minimum absolute atomic E-state index is 0.660. The Kier molecular flexibility index (Phi) is 7.37. The molecule has 7 nitrogen and oxygen atoms in total. The summed E-state index contributed by atoms with van der Waals surface area (Å²) < 4.78 is 37.1. The first-order chi connectivity index (χ1) is 33.1. The fraction of sp³-hybridized carbons (Fsp3) is 0. The standard InChI is InChI=1S/C60H34N2O5/c1-5-13-47-41(9-1)42-10-2-6-14-48(42)61(47)39-21-27-55-59(33-39)66-57-31-37(19-25-53(57)64-55)35-17-23-51-45(29-35)46-30-36(18-24-52(46)63-51)38-20-26-54-58(32-38)67-60-34-40(22-28-56(60)65-54)62-49-15-7-3-11-43(49)44-12-4-8-16-50(44)62/h1-34H. The molecule has 314 valence electrons. The molecule has 67 heavy (non-hydrogen) atoms. The van der Waals surface area contributed by atoms with Gasteiger partial charge in [0.1, 0.15) is 11.2 Å². The summed E-state index contributed by atoms with van der Waals surface area (Å²) in [5.41, 5.74) is 12.3. The second-order valence-electron chi connectivity index (χ2n) is 17.3. The van der Waals surface area contributed by atoms with Gasteiger partial charge in [0.25, 0.3) is 0 Å². The molecule has 2 aliphatic rings. The molecule has 10 aromatic carbocycles. The number of furan rings is 1. The maximum absolute atomic E-state index is 6.65. The van der Waals surface area contributed by atoms with Crippen molar-refractivity contribution in [2.24, 2.45) is 0 Å². The van der Waals surface area contributed by atoms with Gasteiger partial charge in [-0.15, -0.1) is 0 Å². The molecule has 0 fully saturated rings. The van der Waals surface area contributed by atoms with Gasteiger partial charge in [-0.3, -0.25) is 0 Å². The molecule has 15 rings (SSSR count). The maximum atomic E-state index is 6.65. The van der Waals surface area contributed by atoms with Crippen molar-refractivity contribution in [2.45, 2.75) is 0 Å². The van der Waals surface area contributed by atoms with E-state index in [0.717, 1.165) is 77.6 Å². The van der Waals surface area contributed by atoms with Crippen LogP contribution in [0.3, 0.4) is 0 Å². The van der Waals surface area contributed by atoms with Crippen LogP contribution < -0.4 is 18.9 Å². The predicted molar refractivity (Wildman–Crippen MR) is 266 cm³/mol. The minimum Gasteiger partial charge on any atom is -0.456 e. The number of ether oxygens (including phenoxy) is 4. The molecule has 0 atom stereocenters. The zero-order valence-electron chi connectivity index (χ0n) is 35.6. The number of para-hydroxylation sites is 4. The van der Waals surface area contributed by atoms with Crippen LogP contribution in [0.15, 0.2) is 211 Å². The van der Waals surface area contributed by atoms with E-state index in [1.54, 1.807) is 0 Å². The SMILES string of the molecule is c1ccc2c(c1)c1ccccc1n2-c1ccc2c(c1)Oc1cc(-c3ccc4oc5ccc(-c6ccc7c(c6)Oc6cc(-n8c9ccccc9c9ccccc98)ccc6O7)cc5c4c3)ccc1O2. The van der Waals surface area contributed by atoms with Crippen molar-refractivity contribution in [1.29, 1.82) is 0 Å². The Balaban J connectivity index is 0.744. The minimum atomic E-state index is 0.660. The lowest BCUT2D eigenvalue weighted by Gasteiger charge is -2.22. The summed E-state index contributed by atoms with van der Waals surface area (Å²) in [6.45, 7) is 0. The molecule has 0 aliphatic carbocycles. The lowest BCUT2D eigenvalue weighted by atomic mass is 9.99. The van der Waals surface area contributed by atoms with Gasteiger partial charge < -0.3 is 32.5 Å². The van der Waals surface area contributed by atoms with Gasteiger partial charge in [0, 0.05) is 44.5 Å². The third kappa shape index (κ3) is 5.46. The van der Waals surface area contributed by atoms with Gasteiger partial charge >= 0.3 is 0 Å². The monoisotopic (exact) mass is 862 g/mol. The van der Waals surface area contributed by atoms with Crippen LogP contribution in [0.4, 0.5) is 0 Å². The van der Waals surface area contributed by atoms with Crippen LogP contribution in [0.2, 0.25) is 0 Å². The van der Waals surface area contributed by atoms with Crippen molar-refractivity contribution < 1.29 is 23.4 Å². The van der Waals surface area contributed by atoms with Crippen LogP contribution in [0.1, 0.15) is 0 Å². The van der Waals surface area contributed by atoms with Gasteiger partial charge in [-0.2, -0.15) is 0 Å². The molecule has 7 heteroatoms. The van der Waals surface area contributed by atoms with E-state index < -0.39 is 0 Å². The van der Waals surface area contributed by atoms with Crippen LogP contribution >= 0.6 is 0 Å². The summed E-state index contributed by atoms with van der Waals surface area (Å²) in [6.07, 6.45) is 0. The van der Waals surface area contributed by atoms with Crippen molar-refractivity contribution in [2.75, 3.05) is 0 Å². The normalized spacial score (nSPS) is 12.7. The third-order valence-electron chi connectivity index (χ3n) is 13.4. The highest BCUT2D eigenvalue weighted by Crippen LogP contribution is 2.50. The summed E-state index contributed by atoms with van der Waals surface area (Å²) in [4.78, 5) is 0. The molecule has 0 spiro atoms. The van der Waals surface area contributed by atoms with Crippen LogP contribution in [-0.4, -0.2) is 9.13 Å². The van der Waals surface area contributed by atoms with Crippen LogP contribution in [0, 0.1) is 0 Å². The van der Waals surface area contributed by atoms with E-state index in [0.29, 0.717) is 46.0 Å². The molecule has 0 unspecified atom stereocenters. The van der Waals surface area contributed by atoms with Gasteiger partial charge in [-0.25, -0.2) is 0 Å². The summed E-state index contributed by atoms with van der Waals surface area (Å²) in [7, 11) is 0. The Bertz CT molecular complexity index is 3870. The second-order valence-corrected chi connectivity index (χ2v) is 17.3. The fourth-order valence-electron chi connectivity index (χ4n) is 10.3. The molecule has 2 aliphatic heterocycles. The first kappa shape index (κ1) is 36.2. The highest BCUT2D eigenvalue weighted by atomic mass is 16.6. The predicted octanol–water partition coefficient (Wildman–Crippen LogP) is 16.9. The number of aromatic nitrogens is 2. The van der Waals surface area contributed by atoms with Crippen LogP contribution in [0.5, 0.6) is 46.0 Å². The van der Waals surface area contributed by atoms with Gasteiger partial charge in [-0.1, -0.05) is 97.1 Å². The molecule has 3 aromatic heterocycles. The summed E-state index contributed by atoms with van der Waals surface area (Å²) in [5.74, 6) is 5.36. The summed E-state index contributed by atoms with van der Waals surface area (Å²) in [6, 6.07) is 71.2. The first-order valence-corrected chi connectivity index (χ1v) is 22.4. The van der Waals surface area contributed by atoms with E-state index in [2.05, 4.69) is 179 Å². The van der Waals surface area contributed by atoms with E-state index in [1.165, 1.54) is 21.5 Å². The Morgan fingerprint density at radius 3 is 0.955 bits per heavy atom. The molecule has 0 bridgehead atoms. The number of fused-ring (bicyclic) bond motifs is 13. The number of rotatable bonds is 4. The lowest BCUT2D eigenvalue weighted by molar-refractivity contribution is 0.359. The number of hydrogen-bond acceptors (Lipinski definition) is 5. The Morgan fingerprint density at radius 1 is 0.239 bits per heavy atom. The lowest BCUT2D eigenvalue weighted by Crippen LogP contribution is -2.01. The molecule has 5 heterocycles. The quantitative estimate of drug-likeness (QED) is 0.176. The van der Waals surface area contributed by atoms with Gasteiger partial charge in [0.2, 0.25) is 0 Å². The zero-order valence-corrected chi connectivity index (χ0v) is 35.6. The Labute approximate surface area is 382 Å². The highest BCUT2D eigenvalue weighted by molar-refractivity contribution is 6.11. The van der Waals surface area contributed by atoms with Gasteiger partial charge in [0.15, 0.2) is 46.0 Å².